The van der Waals surface area contributed by atoms with E-state index in [0.29, 0.717) is 6.10 Å². The fourth-order valence-electron chi connectivity index (χ4n) is 3.56. The van der Waals surface area contributed by atoms with E-state index in [0.717, 1.165) is 63.8 Å². The zero-order valence-corrected chi connectivity index (χ0v) is 12.6. The second-order valence-electron chi connectivity index (χ2n) is 6.95. The van der Waals surface area contributed by atoms with Gasteiger partial charge in [-0.25, -0.2) is 0 Å². The molecule has 0 bridgehead atoms. The van der Waals surface area contributed by atoms with Crippen LogP contribution in [-0.2, 0) is 16.0 Å². The number of likely N-dealkylation sites (tertiary alicyclic amines) is 1. The predicted octanol–water partition coefficient (Wildman–Crippen LogP) is 2.83. The molecule has 0 radical (unpaired) electrons. The van der Waals surface area contributed by atoms with Crippen LogP contribution in [0.5, 0.6) is 0 Å². The SMILES string of the molecule is c1coc(CN2CCC3(CC2)CC(OCC2CC2)CO3)c1. The molecule has 4 heteroatoms. The van der Waals surface area contributed by atoms with Crippen molar-refractivity contribution in [3.8, 4) is 0 Å². The van der Waals surface area contributed by atoms with Gasteiger partial charge in [0.2, 0.25) is 0 Å². The van der Waals surface area contributed by atoms with E-state index in [2.05, 4.69) is 11.0 Å². The van der Waals surface area contributed by atoms with Crippen molar-refractivity contribution < 1.29 is 13.9 Å². The Hall–Kier alpha value is -0.840. The molecule has 21 heavy (non-hydrogen) atoms. The van der Waals surface area contributed by atoms with Gasteiger partial charge < -0.3 is 13.9 Å². The molecular weight excluding hydrogens is 266 g/mol. The summed E-state index contributed by atoms with van der Waals surface area (Å²) in [5.41, 5.74) is 0.0912. The number of ether oxygens (including phenoxy) is 2. The van der Waals surface area contributed by atoms with E-state index >= 15 is 0 Å². The zero-order valence-electron chi connectivity index (χ0n) is 12.6. The summed E-state index contributed by atoms with van der Waals surface area (Å²) in [7, 11) is 0. The highest BCUT2D eigenvalue weighted by Crippen LogP contribution is 2.38. The molecule has 0 aromatic carbocycles. The molecule has 1 aromatic heterocycles. The number of hydrogen-bond donors (Lipinski definition) is 0. The summed E-state index contributed by atoms with van der Waals surface area (Å²) < 4.78 is 17.6. The van der Waals surface area contributed by atoms with Crippen LogP contribution in [0.1, 0.15) is 37.9 Å². The first kappa shape index (κ1) is 13.8. The first-order valence-electron chi connectivity index (χ1n) is 8.32. The van der Waals surface area contributed by atoms with Gasteiger partial charge in [0.05, 0.1) is 31.1 Å². The largest absolute Gasteiger partial charge is 0.468 e. The second-order valence-corrected chi connectivity index (χ2v) is 6.95. The Morgan fingerprint density at radius 1 is 1.29 bits per heavy atom. The summed E-state index contributed by atoms with van der Waals surface area (Å²) in [6, 6.07) is 4.01. The number of nitrogens with zero attached hydrogens (tertiary/aromatic N) is 1. The molecular formula is C17H25NO3. The Bertz CT molecular complexity index is 447. The molecule has 3 heterocycles. The third kappa shape index (κ3) is 3.33. The topological polar surface area (TPSA) is 34.8 Å². The van der Waals surface area contributed by atoms with Gasteiger partial charge in [0.1, 0.15) is 5.76 Å². The Morgan fingerprint density at radius 3 is 2.86 bits per heavy atom. The van der Waals surface area contributed by atoms with E-state index in [9.17, 15) is 0 Å². The Labute approximate surface area is 126 Å². The van der Waals surface area contributed by atoms with Gasteiger partial charge in [0.25, 0.3) is 0 Å². The lowest BCUT2D eigenvalue weighted by atomic mass is 9.88. The van der Waals surface area contributed by atoms with E-state index in [4.69, 9.17) is 13.9 Å². The molecule has 116 valence electrons. The lowest BCUT2D eigenvalue weighted by Crippen LogP contribution is -2.43. The molecule has 1 aliphatic carbocycles. The van der Waals surface area contributed by atoms with Crippen LogP contribution >= 0.6 is 0 Å². The van der Waals surface area contributed by atoms with Crippen molar-refractivity contribution in [1.29, 1.82) is 0 Å². The van der Waals surface area contributed by atoms with Crippen molar-refractivity contribution >= 4 is 0 Å². The van der Waals surface area contributed by atoms with Crippen LogP contribution in [0.4, 0.5) is 0 Å². The van der Waals surface area contributed by atoms with E-state index in [1.807, 2.05) is 6.07 Å². The van der Waals surface area contributed by atoms with E-state index in [1.54, 1.807) is 6.26 Å². The maximum atomic E-state index is 6.16. The fourth-order valence-corrected chi connectivity index (χ4v) is 3.56. The van der Waals surface area contributed by atoms with Gasteiger partial charge in [-0.1, -0.05) is 0 Å². The van der Waals surface area contributed by atoms with Gasteiger partial charge in [0, 0.05) is 26.1 Å². The maximum Gasteiger partial charge on any atom is 0.117 e. The highest BCUT2D eigenvalue weighted by molar-refractivity contribution is 5.00. The van der Waals surface area contributed by atoms with Crippen LogP contribution < -0.4 is 0 Å². The second kappa shape index (κ2) is 5.75. The summed E-state index contributed by atoms with van der Waals surface area (Å²) in [4.78, 5) is 2.46. The summed E-state index contributed by atoms with van der Waals surface area (Å²) in [5.74, 6) is 1.90. The molecule has 3 aliphatic rings. The van der Waals surface area contributed by atoms with E-state index in [1.165, 1.54) is 12.8 Å². The van der Waals surface area contributed by atoms with Gasteiger partial charge in [0.15, 0.2) is 0 Å². The van der Waals surface area contributed by atoms with E-state index < -0.39 is 0 Å². The van der Waals surface area contributed by atoms with Crippen LogP contribution in [0.2, 0.25) is 0 Å². The van der Waals surface area contributed by atoms with Gasteiger partial charge in [-0.3, -0.25) is 4.90 Å². The summed E-state index contributed by atoms with van der Waals surface area (Å²) >= 11 is 0. The van der Waals surface area contributed by atoms with Gasteiger partial charge in [-0.2, -0.15) is 0 Å². The Balaban J connectivity index is 1.24. The molecule has 1 atom stereocenters. The van der Waals surface area contributed by atoms with Gasteiger partial charge in [-0.15, -0.1) is 0 Å². The van der Waals surface area contributed by atoms with Crippen LogP contribution in [0.3, 0.4) is 0 Å². The normalized spacial score (nSPS) is 29.2. The fraction of sp³-hybridized carbons (Fsp3) is 0.765. The van der Waals surface area contributed by atoms with Crippen molar-refractivity contribution in [2.45, 2.75) is 50.4 Å². The minimum absolute atomic E-state index is 0.0912. The van der Waals surface area contributed by atoms with Crippen LogP contribution in [-0.4, -0.2) is 42.9 Å². The molecule has 2 aliphatic heterocycles. The number of piperidine rings is 1. The lowest BCUT2D eigenvalue weighted by Gasteiger charge is -2.38. The molecule has 2 saturated heterocycles. The quantitative estimate of drug-likeness (QED) is 0.835. The van der Waals surface area contributed by atoms with Crippen molar-refractivity contribution in [3.05, 3.63) is 24.2 Å². The van der Waals surface area contributed by atoms with Gasteiger partial charge >= 0.3 is 0 Å². The standard InChI is InChI=1S/C17H25NO3/c1-2-15(19-9-1)11-18-7-5-17(6-8-18)10-16(13-21-17)20-12-14-3-4-14/h1-2,9,14,16H,3-8,10-13H2. The van der Waals surface area contributed by atoms with Crippen molar-refractivity contribution in [2.24, 2.45) is 5.92 Å². The summed E-state index contributed by atoms with van der Waals surface area (Å²) in [5, 5.41) is 0. The van der Waals surface area contributed by atoms with Crippen molar-refractivity contribution in [2.75, 3.05) is 26.3 Å². The zero-order chi connectivity index (χ0) is 14.1. The molecule has 1 saturated carbocycles. The first-order chi connectivity index (χ1) is 10.3. The first-order valence-corrected chi connectivity index (χ1v) is 8.32. The highest BCUT2D eigenvalue weighted by atomic mass is 16.6. The minimum Gasteiger partial charge on any atom is -0.468 e. The van der Waals surface area contributed by atoms with E-state index in [-0.39, 0.29) is 5.60 Å². The van der Waals surface area contributed by atoms with Gasteiger partial charge in [-0.05, 0) is 43.7 Å². The molecule has 0 amide bonds. The number of hydrogen-bond acceptors (Lipinski definition) is 4. The average Bonchev–Trinajstić information content (AvgIpc) is 3.04. The molecule has 0 N–H and O–H groups in total. The summed E-state index contributed by atoms with van der Waals surface area (Å²) in [6.45, 7) is 4.86. The molecule has 4 rings (SSSR count). The highest BCUT2D eigenvalue weighted by Gasteiger charge is 2.43. The Morgan fingerprint density at radius 2 is 2.14 bits per heavy atom. The third-order valence-electron chi connectivity index (χ3n) is 5.17. The molecule has 1 spiro atoms. The van der Waals surface area contributed by atoms with Crippen LogP contribution in [0.25, 0.3) is 0 Å². The Kier molecular flexibility index (Phi) is 3.78. The lowest BCUT2D eigenvalue weighted by molar-refractivity contribution is -0.0474. The average molecular weight is 291 g/mol. The third-order valence-corrected chi connectivity index (χ3v) is 5.17. The predicted molar refractivity (Wildman–Crippen MR) is 79.0 cm³/mol. The number of furan rings is 1. The summed E-state index contributed by atoms with van der Waals surface area (Å²) in [6.07, 6.45) is 8.15. The maximum absolute atomic E-state index is 6.16. The molecule has 1 unspecified atom stereocenters. The number of rotatable bonds is 5. The molecule has 4 nitrogen and oxygen atoms in total. The monoisotopic (exact) mass is 291 g/mol. The smallest absolute Gasteiger partial charge is 0.117 e. The molecule has 1 aromatic rings. The molecule has 3 fully saturated rings. The van der Waals surface area contributed by atoms with Crippen LogP contribution in [0, 0.1) is 5.92 Å². The van der Waals surface area contributed by atoms with Crippen molar-refractivity contribution in [3.63, 3.8) is 0 Å². The van der Waals surface area contributed by atoms with Crippen LogP contribution in [0.15, 0.2) is 22.8 Å². The minimum atomic E-state index is 0.0912. The van der Waals surface area contributed by atoms with Crippen molar-refractivity contribution in [1.82, 2.24) is 4.90 Å².